The van der Waals surface area contributed by atoms with E-state index in [1.807, 2.05) is 13.8 Å². The number of hydrogen-bond donors (Lipinski definition) is 2. The molecule has 0 fully saturated rings. The Balaban J connectivity index is 3.87. The summed E-state index contributed by atoms with van der Waals surface area (Å²) in [5, 5.41) is 18.1. The van der Waals surface area contributed by atoms with Gasteiger partial charge in [0.05, 0.1) is 12.7 Å². The SMILES string of the molecule is C=C[C@H](CO)[C@H](O)C(C)C. The van der Waals surface area contributed by atoms with Crippen molar-refractivity contribution >= 4 is 0 Å². The smallest absolute Gasteiger partial charge is 0.0647 e. The highest BCUT2D eigenvalue weighted by Crippen LogP contribution is 2.12. The lowest BCUT2D eigenvalue weighted by Crippen LogP contribution is -2.26. The first-order valence-electron chi connectivity index (χ1n) is 3.55. The van der Waals surface area contributed by atoms with Crippen LogP contribution >= 0.6 is 0 Å². The summed E-state index contributed by atoms with van der Waals surface area (Å²) in [7, 11) is 0. The Morgan fingerprint density at radius 3 is 2.10 bits per heavy atom. The average molecular weight is 144 g/mol. The summed E-state index contributed by atoms with van der Waals surface area (Å²) >= 11 is 0. The fraction of sp³-hybridized carbons (Fsp3) is 0.750. The molecule has 2 atom stereocenters. The van der Waals surface area contributed by atoms with Gasteiger partial charge in [0, 0.05) is 5.92 Å². The molecule has 0 radical (unpaired) electrons. The molecule has 0 rings (SSSR count). The first-order chi connectivity index (χ1) is 4.63. The molecule has 0 saturated heterocycles. The van der Waals surface area contributed by atoms with E-state index >= 15 is 0 Å². The van der Waals surface area contributed by atoms with Crippen LogP contribution in [0.4, 0.5) is 0 Å². The van der Waals surface area contributed by atoms with Crippen molar-refractivity contribution in [3.8, 4) is 0 Å². The Hall–Kier alpha value is -0.340. The van der Waals surface area contributed by atoms with Crippen LogP contribution in [0.3, 0.4) is 0 Å². The minimum atomic E-state index is -0.470. The van der Waals surface area contributed by atoms with Gasteiger partial charge in [0.25, 0.3) is 0 Å². The first kappa shape index (κ1) is 9.66. The zero-order valence-corrected chi connectivity index (χ0v) is 6.62. The van der Waals surface area contributed by atoms with Crippen molar-refractivity contribution in [2.45, 2.75) is 20.0 Å². The van der Waals surface area contributed by atoms with Crippen molar-refractivity contribution in [2.24, 2.45) is 11.8 Å². The highest BCUT2D eigenvalue weighted by Gasteiger charge is 2.17. The summed E-state index contributed by atoms with van der Waals surface area (Å²) in [5.74, 6) is -0.00449. The van der Waals surface area contributed by atoms with Crippen molar-refractivity contribution in [1.82, 2.24) is 0 Å². The highest BCUT2D eigenvalue weighted by atomic mass is 16.3. The molecule has 0 amide bonds. The van der Waals surface area contributed by atoms with Gasteiger partial charge in [-0.05, 0) is 5.92 Å². The van der Waals surface area contributed by atoms with E-state index in [0.717, 1.165) is 0 Å². The van der Waals surface area contributed by atoms with Crippen molar-refractivity contribution < 1.29 is 10.2 Å². The molecular weight excluding hydrogens is 128 g/mol. The second-order valence-corrected chi connectivity index (χ2v) is 2.82. The van der Waals surface area contributed by atoms with Crippen LogP contribution in [0.15, 0.2) is 12.7 Å². The fourth-order valence-corrected chi connectivity index (χ4v) is 0.816. The van der Waals surface area contributed by atoms with Gasteiger partial charge < -0.3 is 10.2 Å². The maximum Gasteiger partial charge on any atom is 0.0647 e. The van der Waals surface area contributed by atoms with E-state index in [9.17, 15) is 5.11 Å². The van der Waals surface area contributed by atoms with E-state index in [-0.39, 0.29) is 18.4 Å². The van der Waals surface area contributed by atoms with Crippen LogP contribution < -0.4 is 0 Å². The lowest BCUT2D eigenvalue weighted by atomic mass is 9.94. The van der Waals surface area contributed by atoms with Gasteiger partial charge in [-0.3, -0.25) is 0 Å². The van der Waals surface area contributed by atoms with Gasteiger partial charge in [0.15, 0.2) is 0 Å². The number of rotatable bonds is 4. The largest absolute Gasteiger partial charge is 0.396 e. The molecular formula is C8H16O2. The summed E-state index contributed by atoms with van der Waals surface area (Å²) in [6.45, 7) is 7.32. The monoisotopic (exact) mass is 144 g/mol. The fourth-order valence-electron chi connectivity index (χ4n) is 0.816. The molecule has 0 aliphatic heterocycles. The second kappa shape index (κ2) is 4.47. The lowest BCUT2D eigenvalue weighted by Gasteiger charge is -2.20. The van der Waals surface area contributed by atoms with Gasteiger partial charge in [-0.25, -0.2) is 0 Å². The van der Waals surface area contributed by atoms with E-state index < -0.39 is 6.10 Å². The maximum absolute atomic E-state index is 9.35. The molecule has 0 aromatic heterocycles. The summed E-state index contributed by atoms with van der Waals surface area (Å²) in [5.41, 5.74) is 0. The van der Waals surface area contributed by atoms with Crippen molar-refractivity contribution in [2.75, 3.05) is 6.61 Å². The highest BCUT2D eigenvalue weighted by molar-refractivity contribution is 4.85. The van der Waals surface area contributed by atoms with Crippen molar-refractivity contribution in [1.29, 1.82) is 0 Å². The van der Waals surface area contributed by atoms with E-state index in [2.05, 4.69) is 6.58 Å². The van der Waals surface area contributed by atoms with Gasteiger partial charge in [-0.1, -0.05) is 19.9 Å². The predicted octanol–water partition coefficient (Wildman–Crippen LogP) is 0.798. The van der Waals surface area contributed by atoms with Crippen LogP contribution in [-0.4, -0.2) is 22.9 Å². The maximum atomic E-state index is 9.35. The standard InChI is InChI=1S/C8H16O2/c1-4-7(5-9)8(10)6(2)3/h4,6-10H,1,5H2,2-3H3/t7-,8-/m1/s1. The zero-order valence-electron chi connectivity index (χ0n) is 6.62. The van der Waals surface area contributed by atoms with Gasteiger partial charge in [0.1, 0.15) is 0 Å². The Kier molecular flexibility index (Phi) is 4.32. The van der Waals surface area contributed by atoms with Crippen LogP contribution in [0, 0.1) is 11.8 Å². The molecule has 2 N–H and O–H groups in total. The Morgan fingerprint density at radius 2 is 2.00 bits per heavy atom. The first-order valence-corrected chi connectivity index (χ1v) is 3.55. The Morgan fingerprint density at radius 1 is 1.50 bits per heavy atom. The summed E-state index contributed by atoms with van der Waals surface area (Å²) in [6, 6.07) is 0. The van der Waals surface area contributed by atoms with E-state index in [1.165, 1.54) is 0 Å². The molecule has 2 nitrogen and oxygen atoms in total. The van der Waals surface area contributed by atoms with E-state index in [0.29, 0.717) is 0 Å². The molecule has 2 heteroatoms. The normalized spacial score (nSPS) is 16.9. The number of aliphatic hydroxyl groups excluding tert-OH is 2. The summed E-state index contributed by atoms with van der Waals surface area (Å²) in [4.78, 5) is 0. The number of aliphatic hydroxyl groups is 2. The van der Waals surface area contributed by atoms with Crippen LogP contribution in [0.2, 0.25) is 0 Å². The van der Waals surface area contributed by atoms with Gasteiger partial charge >= 0.3 is 0 Å². The molecule has 0 spiro atoms. The lowest BCUT2D eigenvalue weighted by molar-refractivity contribution is 0.0559. The van der Waals surface area contributed by atoms with Crippen LogP contribution in [0.25, 0.3) is 0 Å². The van der Waals surface area contributed by atoms with Crippen LogP contribution in [0.1, 0.15) is 13.8 Å². The third-order valence-corrected chi connectivity index (χ3v) is 1.64. The van der Waals surface area contributed by atoms with E-state index in [4.69, 9.17) is 5.11 Å². The van der Waals surface area contributed by atoms with Crippen LogP contribution in [0.5, 0.6) is 0 Å². The molecule has 0 aromatic rings. The molecule has 10 heavy (non-hydrogen) atoms. The molecule has 0 aromatic carbocycles. The van der Waals surface area contributed by atoms with Gasteiger partial charge in [-0.2, -0.15) is 0 Å². The van der Waals surface area contributed by atoms with Crippen LogP contribution in [-0.2, 0) is 0 Å². The molecule has 0 heterocycles. The van der Waals surface area contributed by atoms with Gasteiger partial charge in [-0.15, -0.1) is 6.58 Å². The second-order valence-electron chi connectivity index (χ2n) is 2.82. The quantitative estimate of drug-likeness (QED) is 0.573. The Labute approximate surface area is 62.2 Å². The third kappa shape index (κ3) is 2.50. The average Bonchev–Trinajstić information content (AvgIpc) is 1.90. The molecule has 0 unspecified atom stereocenters. The van der Waals surface area contributed by atoms with Crippen molar-refractivity contribution in [3.05, 3.63) is 12.7 Å². The third-order valence-electron chi connectivity index (χ3n) is 1.64. The topological polar surface area (TPSA) is 40.5 Å². The molecule has 0 aliphatic rings. The summed E-state index contributed by atoms with van der Waals surface area (Å²) < 4.78 is 0. The van der Waals surface area contributed by atoms with Gasteiger partial charge in [0.2, 0.25) is 0 Å². The molecule has 0 saturated carbocycles. The Bertz CT molecular complexity index is 99.4. The zero-order chi connectivity index (χ0) is 8.15. The molecule has 0 bridgehead atoms. The summed E-state index contributed by atoms with van der Waals surface area (Å²) in [6.07, 6.45) is 1.12. The predicted molar refractivity (Wildman–Crippen MR) is 41.6 cm³/mol. The minimum absolute atomic E-state index is 0.0250. The molecule has 60 valence electrons. The molecule has 0 aliphatic carbocycles. The van der Waals surface area contributed by atoms with E-state index in [1.54, 1.807) is 6.08 Å². The van der Waals surface area contributed by atoms with Crippen molar-refractivity contribution in [3.63, 3.8) is 0 Å². The minimum Gasteiger partial charge on any atom is -0.396 e. The number of hydrogen-bond acceptors (Lipinski definition) is 2.